The summed E-state index contributed by atoms with van der Waals surface area (Å²) in [5, 5.41) is 5.91. The number of amides is 2. The van der Waals surface area contributed by atoms with Crippen LogP contribution in [0.15, 0.2) is 77.9 Å². The molecule has 2 amide bonds. The fourth-order valence-corrected chi connectivity index (χ4v) is 6.21. The van der Waals surface area contributed by atoms with Crippen LogP contribution < -0.4 is 11.1 Å². The number of hydrogen-bond acceptors (Lipinski definition) is 4. The van der Waals surface area contributed by atoms with Crippen LogP contribution in [0, 0.1) is 23.7 Å². The van der Waals surface area contributed by atoms with Crippen molar-refractivity contribution >= 4 is 29.1 Å². The third kappa shape index (κ3) is 7.00. The van der Waals surface area contributed by atoms with Crippen LogP contribution in [0.1, 0.15) is 41.9 Å². The minimum Gasteiger partial charge on any atom is -0.376 e. The van der Waals surface area contributed by atoms with Gasteiger partial charge >= 0.3 is 12.4 Å². The van der Waals surface area contributed by atoms with Crippen LogP contribution >= 0.6 is 11.6 Å². The second-order valence-corrected chi connectivity index (χ2v) is 12.0. The molecule has 0 saturated heterocycles. The van der Waals surface area contributed by atoms with Gasteiger partial charge in [-0.1, -0.05) is 80.1 Å². The number of ether oxygens (including phenoxy) is 1. The number of nitrogens with two attached hydrogens (primary N) is 1. The number of aryl methyl sites for hydroxylation is 1. The number of carbonyl (C=O) groups is 2. The van der Waals surface area contributed by atoms with Crippen LogP contribution in [-0.2, 0) is 39.8 Å². The standard InChI is InChI=1S/C32H31ClF6N4O3/c1-19-14-21(16-43-26(32(37,38)39)15-25(42-43)31(34,35)36)12-13-23(19)41-27(44)22-10-7-11-24(33)30(22,28(40)45)29(2,3)18-46-17-20-8-5-4-6-9-20/h4-15,22H,16-18H2,1-3H3,(H2,40,45)(H,41,44). The Balaban J connectivity index is 1.58. The number of hydrogen-bond donors (Lipinski definition) is 2. The van der Waals surface area contributed by atoms with E-state index in [-0.39, 0.29) is 40.2 Å². The Bertz CT molecular complexity index is 1660. The quantitative estimate of drug-likeness (QED) is 0.223. The van der Waals surface area contributed by atoms with Gasteiger partial charge in [-0.2, -0.15) is 31.4 Å². The first kappa shape index (κ1) is 34.8. The van der Waals surface area contributed by atoms with E-state index in [1.807, 2.05) is 30.3 Å². The first-order valence-corrected chi connectivity index (χ1v) is 14.3. The van der Waals surface area contributed by atoms with E-state index < -0.39 is 58.8 Å². The lowest BCUT2D eigenvalue weighted by Crippen LogP contribution is -2.58. The van der Waals surface area contributed by atoms with Gasteiger partial charge in [0, 0.05) is 22.2 Å². The SMILES string of the molecule is Cc1cc(Cn2nc(C(F)(F)F)cc2C(F)(F)F)ccc1NC(=O)C1C=CC=C(Cl)C1(C(N)=O)C(C)(C)COCc1ccccc1. The van der Waals surface area contributed by atoms with Crippen molar-refractivity contribution in [2.75, 3.05) is 11.9 Å². The molecule has 14 heteroatoms. The van der Waals surface area contributed by atoms with Gasteiger partial charge in [-0.3, -0.25) is 14.3 Å². The predicted octanol–water partition coefficient (Wildman–Crippen LogP) is 7.24. The third-order valence-corrected chi connectivity index (χ3v) is 8.37. The normalized spacial score (nSPS) is 18.7. The van der Waals surface area contributed by atoms with Gasteiger partial charge in [0.1, 0.15) is 11.1 Å². The Kier molecular flexibility index (Phi) is 9.79. The Hall–Kier alpha value is -4.10. The zero-order valence-electron chi connectivity index (χ0n) is 25.0. The molecular weight excluding hydrogens is 638 g/mol. The van der Waals surface area contributed by atoms with Gasteiger partial charge in [0.05, 0.1) is 25.7 Å². The molecule has 246 valence electrons. The summed E-state index contributed by atoms with van der Waals surface area (Å²) in [7, 11) is 0. The largest absolute Gasteiger partial charge is 0.435 e. The fourth-order valence-electron chi connectivity index (χ4n) is 5.67. The summed E-state index contributed by atoms with van der Waals surface area (Å²) < 4.78 is 85.9. The molecule has 0 aliphatic heterocycles. The molecule has 1 aromatic heterocycles. The summed E-state index contributed by atoms with van der Waals surface area (Å²) in [6.07, 6.45) is -5.62. The average molecular weight is 669 g/mol. The van der Waals surface area contributed by atoms with E-state index in [1.54, 1.807) is 20.8 Å². The molecule has 7 nitrogen and oxygen atoms in total. The van der Waals surface area contributed by atoms with Crippen molar-refractivity contribution < 1.29 is 40.7 Å². The molecule has 0 radical (unpaired) electrons. The second-order valence-electron chi connectivity index (χ2n) is 11.6. The van der Waals surface area contributed by atoms with Gasteiger partial charge in [-0.05, 0) is 35.8 Å². The molecule has 0 bridgehead atoms. The highest BCUT2D eigenvalue weighted by Gasteiger charge is 2.60. The summed E-state index contributed by atoms with van der Waals surface area (Å²) >= 11 is 6.68. The molecule has 2 aromatic carbocycles. The van der Waals surface area contributed by atoms with E-state index in [1.165, 1.54) is 36.4 Å². The number of anilines is 1. The molecular formula is C32H31ClF6N4O3. The molecule has 0 spiro atoms. The molecule has 4 rings (SSSR count). The van der Waals surface area contributed by atoms with Gasteiger partial charge < -0.3 is 15.8 Å². The maximum atomic E-state index is 13.8. The van der Waals surface area contributed by atoms with Crippen LogP contribution in [0.2, 0.25) is 0 Å². The summed E-state index contributed by atoms with van der Waals surface area (Å²) in [5.41, 5.74) is 1.68. The van der Waals surface area contributed by atoms with Crippen LogP contribution in [0.25, 0.3) is 0 Å². The van der Waals surface area contributed by atoms with E-state index in [4.69, 9.17) is 22.1 Å². The van der Waals surface area contributed by atoms with Crippen molar-refractivity contribution in [3.05, 3.63) is 106 Å². The van der Waals surface area contributed by atoms with E-state index in [0.29, 0.717) is 5.56 Å². The number of benzene rings is 2. The van der Waals surface area contributed by atoms with E-state index >= 15 is 0 Å². The highest BCUT2D eigenvalue weighted by atomic mass is 35.5. The molecule has 1 heterocycles. The van der Waals surface area contributed by atoms with Gasteiger partial charge in [-0.15, -0.1) is 0 Å². The Morgan fingerprint density at radius 1 is 1.02 bits per heavy atom. The molecule has 46 heavy (non-hydrogen) atoms. The molecule has 3 N–H and O–H groups in total. The molecule has 1 aliphatic carbocycles. The second kappa shape index (κ2) is 13.0. The zero-order chi connectivity index (χ0) is 34.1. The number of aromatic nitrogens is 2. The van der Waals surface area contributed by atoms with Crippen molar-refractivity contribution in [1.82, 2.24) is 9.78 Å². The van der Waals surface area contributed by atoms with E-state index in [0.717, 1.165) is 5.56 Å². The lowest BCUT2D eigenvalue weighted by molar-refractivity contribution is -0.144. The van der Waals surface area contributed by atoms with E-state index in [2.05, 4.69) is 10.4 Å². The maximum Gasteiger partial charge on any atom is 0.435 e. The average Bonchev–Trinajstić information content (AvgIpc) is 3.40. The molecule has 3 aromatic rings. The Labute approximate surface area is 266 Å². The van der Waals surface area contributed by atoms with Crippen LogP contribution in [0.5, 0.6) is 0 Å². The maximum absolute atomic E-state index is 13.8. The topological polar surface area (TPSA) is 99.2 Å². The van der Waals surface area contributed by atoms with Crippen molar-refractivity contribution in [3.63, 3.8) is 0 Å². The molecule has 0 fully saturated rings. The van der Waals surface area contributed by atoms with Crippen molar-refractivity contribution in [2.24, 2.45) is 22.5 Å². The number of nitrogens with zero attached hydrogens (tertiary/aromatic N) is 2. The summed E-state index contributed by atoms with van der Waals surface area (Å²) in [5.74, 6) is -2.68. The lowest BCUT2D eigenvalue weighted by Gasteiger charge is -2.48. The summed E-state index contributed by atoms with van der Waals surface area (Å²) in [6, 6.07) is 13.4. The van der Waals surface area contributed by atoms with Gasteiger partial charge in [0.15, 0.2) is 5.69 Å². The molecule has 2 atom stereocenters. The number of rotatable bonds is 10. The number of allylic oxidation sites excluding steroid dienone is 2. The van der Waals surface area contributed by atoms with Gasteiger partial charge in [0.2, 0.25) is 11.8 Å². The minimum atomic E-state index is -5.07. The van der Waals surface area contributed by atoms with Crippen LogP contribution in [-0.4, -0.2) is 28.2 Å². The lowest BCUT2D eigenvalue weighted by atomic mass is 9.56. The van der Waals surface area contributed by atoms with E-state index in [9.17, 15) is 35.9 Å². The summed E-state index contributed by atoms with van der Waals surface area (Å²) in [4.78, 5) is 27.1. The van der Waals surface area contributed by atoms with Gasteiger partial charge in [0.25, 0.3) is 0 Å². The summed E-state index contributed by atoms with van der Waals surface area (Å²) in [6.45, 7) is 4.61. The minimum absolute atomic E-state index is 0.00361. The number of halogens is 7. The molecule has 0 saturated carbocycles. The van der Waals surface area contributed by atoms with Crippen LogP contribution in [0.4, 0.5) is 32.0 Å². The predicted molar refractivity (Wildman–Crippen MR) is 159 cm³/mol. The number of nitrogens with one attached hydrogen (secondary N) is 1. The fraction of sp³-hybridized carbons (Fsp3) is 0.344. The molecule has 2 unspecified atom stereocenters. The Morgan fingerprint density at radius 3 is 2.28 bits per heavy atom. The van der Waals surface area contributed by atoms with Crippen molar-refractivity contribution in [3.8, 4) is 0 Å². The smallest absolute Gasteiger partial charge is 0.376 e. The first-order chi connectivity index (χ1) is 21.4. The van der Waals surface area contributed by atoms with Crippen molar-refractivity contribution in [1.29, 1.82) is 0 Å². The highest BCUT2D eigenvalue weighted by Crippen LogP contribution is 2.54. The van der Waals surface area contributed by atoms with Gasteiger partial charge in [-0.25, -0.2) is 0 Å². The zero-order valence-corrected chi connectivity index (χ0v) is 25.7. The van der Waals surface area contributed by atoms with Crippen molar-refractivity contribution in [2.45, 2.75) is 46.3 Å². The molecule has 1 aliphatic rings. The Morgan fingerprint density at radius 2 is 1.70 bits per heavy atom. The monoisotopic (exact) mass is 668 g/mol. The number of alkyl halides is 6. The van der Waals surface area contributed by atoms with Crippen LogP contribution in [0.3, 0.4) is 0 Å². The number of carbonyl (C=O) groups excluding carboxylic acids is 2. The highest BCUT2D eigenvalue weighted by molar-refractivity contribution is 6.33. The first-order valence-electron chi connectivity index (χ1n) is 14.0. The number of primary amides is 1. The third-order valence-electron chi connectivity index (χ3n) is 7.94.